The van der Waals surface area contributed by atoms with E-state index >= 15 is 0 Å². The van der Waals surface area contributed by atoms with Crippen LogP contribution in [0.4, 0.5) is 5.69 Å². The molecule has 1 aromatic carbocycles. The Morgan fingerprint density at radius 1 is 1.40 bits per heavy atom. The van der Waals surface area contributed by atoms with Gasteiger partial charge >= 0.3 is 5.97 Å². The summed E-state index contributed by atoms with van der Waals surface area (Å²) in [6, 6.07) is 5.12. The molecule has 3 N–H and O–H groups in total. The summed E-state index contributed by atoms with van der Waals surface area (Å²) in [6.07, 6.45) is 4.65. The number of nitrogens with two attached hydrogens (primary N) is 1. The molecule has 0 fully saturated rings. The Balaban J connectivity index is 2.57. The summed E-state index contributed by atoms with van der Waals surface area (Å²) in [5.41, 5.74) is 6.80. The third kappa shape index (κ3) is 4.85. The van der Waals surface area contributed by atoms with Crippen molar-refractivity contribution in [3.63, 3.8) is 0 Å². The van der Waals surface area contributed by atoms with Gasteiger partial charge in [-0.25, -0.2) is 4.79 Å². The highest BCUT2D eigenvalue weighted by atomic mass is 16.5. The van der Waals surface area contributed by atoms with Crippen LogP contribution in [0.2, 0.25) is 0 Å². The van der Waals surface area contributed by atoms with Crippen LogP contribution < -0.4 is 5.73 Å². The number of carboxylic acid groups (broad SMARTS) is 1. The van der Waals surface area contributed by atoms with Crippen LogP contribution >= 0.6 is 0 Å². The average molecular weight is 279 g/mol. The zero-order chi connectivity index (χ0) is 15.0. The first-order valence-electron chi connectivity index (χ1n) is 7.28. The molecule has 1 atom stereocenters. The third-order valence-electron chi connectivity index (χ3n) is 3.55. The van der Waals surface area contributed by atoms with Crippen LogP contribution in [-0.4, -0.2) is 17.7 Å². The molecule has 0 aliphatic carbocycles. The molecule has 4 nitrogen and oxygen atoms in total. The van der Waals surface area contributed by atoms with Gasteiger partial charge in [0.1, 0.15) is 0 Å². The fourth-order valence-corrected chi connectivity index (χ4v) is 2.23. The van der Waals surface area contributed by atoms with E-state index in [9.17, 15) is 9.90 Å². The van der Waals surface area contributed by atoms with Gasteiger partial charge in [-0.05, 0) is 24.0 Å². The Hall–Kier alpha value is -1.55. The molecule has 1 unspecified atom stereocenters. The van der Waals surface area contributed by atoms with Crippen molar-refractivity contribution in [1.29, 1.82) is 0 Å². The number of carboxylic acids is 1. The molecule has 20 heavy (non-hydrogen) atoms. The number of hydrogen-bond donors (Lipinski definition) is 2. The van der Waals surface area contributed by atoms with Crippen LogP contribution in [0.5, 0.6) is 0 Å². The number of rotatable bonds is 9. The Morgan fingerprint density at radius 3 is 2.75 bits per heavy atom. The van der Waals surface area contributed by atoms with Gasteiger partial charge in [-0.2, -0.15) is 0 Å². The number of benzene rings is 1. The summed E-state index contributed by atoms with van der Waals surface area (Å²) in [6.45, 7) is 5.31. The minimum Gasteiger partial charge on any atom is -0.478 e. The van der Waals surface area contributed by atoms with Crippen molar-refractivity contribution in [3.05, 3.63) is 29.3 Å². The number of anilines is 1. The van der Waals surface area contributed by atoms with Crippen molar-refractivity contribution < 1.29 is 14.6 Å². The van der Waals surface area contributed by atoms with E-state index in [0.717, 1.165) is 12.8 Å². The Bertz CT molecular complexity index is 432. The molecule has 0 bridgehead atoms. The summed E-state index contributed by atoms with van der Waals surface area (Å²) >= 11 is 0. The van der Waals surface area contributed by atoms with Crippen molar-refractivity contribution in [3.8, 4) is 0 Å². The SMILES string of the molecule is CCCCC(CC)COCc1cccc(N)c1C(=O)O. The highest BCUT2D eigenvalue weighted by Gasteiger charge is 2.14. The quantitative estimate of drug-likeness (QED) is 0.676. The minimum atomic E-state index is -1.00. The van der Waals surface area contributed by atoms with Crippen molar-refractivity contribution >= 4 is 11.7 Å². The molecule has 0 aliphatic rings. The smallest absolute Gasteiger partial charge is 0.338 e. The first-order valence-corrected chi connectivity index (χ1v) is 7.28. The second-order valence-electron chi connectivity index (χ2n) is 5.12. The van der Waals surface area contributed by atoms with Crippen LogP contribution in [0.15, 0.2) is 18.2 Å². The van der Waals surface area contributed by atoms with Gasteiger partial charge in [-0.1, -0.05) is 45.2 Å². The molecule has 1 rings (SSSR count). The normalized spacial score (nSPS) is 12.3. The van der Waals surface area contributed by atoms with Gasteiger partial charge in [-0.15, -0.1) is 0 Å². The summed E-state index contributed by atoms with van der Waals surface area (Å²) in [4.78, 5) is 11.2. The second kappa shape index (κ2) is 8.59. The van der Waals surface area contributed by atoms with Crippen molar-refractivity contribution in [1.82, 2.24) is 0 Å². The molecule has 0 radical (unpaired) electrons. The Kier molecular flexibility index (Phi) is 7.09. The molecule has 0 heterocycles. The van der Waals surface area contributed by atoms with Gasteiger partial charge in [0, 0.05) is 12.3 Å². The van der Waals surface area contributed by atoms with Crippen molar-refractivity contribution in [2.75, 3.05) is 12.3 Å². The van der Waals surface area contributed by atoms with E-state index in [2.05, 4.69) is 13.8 Å². The highest BCUT2D eigenvalue weighted by molar-refractivity contribution is 5.95. The minimum absolute atomic E-state index is 0.161. The number of nitrogen functional groups attached to an aromatic ring is 1. The first kappa shape index (κ1) is 16.5. The lowest BCUT2D eigenvalue weighted by Crippen LogP contribution is -2.12. The van der Waals surface area contributed by atoms with Gasteiger partial charge in [0.15, 0.2) is 0 Å². The van der Waals surface area contributed by atoms with E-state index in [1.165, 1.54) is 12.8 Å². The van der Waals surface area contributed by atoms with Crippen LogP contribution in [0, 0.1) is 5.92 Å². The largest absolute Gasteiger partial charge is 0.478 e. The zero-order valence-corrected chi connectivity index (χ0v) is 12.4. The van der Waals surface area contributed by atoms with Gasteiger partial charge in [-0.3, -0.25) is 0 Å². The fraction of sp³-hybridized carbons (Fsp3) is 0.562. The predicted molar refractivity (Wildman–Crippen MR) is 80.8 cm³/mol. The van der Waals surface area contributed by atoms with Crippen molar-refractivity contribution in [2.45, 2.75) is 46.1 Å². The fourth-order valence-electron chi connectivity index (χ4n) is 2.23. The van der Waals surface area contributed by atoms with E-state index < -0.39 is 5.97 Å². The maximum absolute atomic E-state index is 11.2. The predicted octanol–water partition coefficient (Wildman–Crippen LogP) is 3.70. The van der Waals surface area contributed by atoms with Gasteiger partial charge < -0.3 is 15.6 Å². The molecule has 0 aromatic heterocycles. The molecular weight excluding hydrogens is 254 g/mol. The molecule has 112 valence electrons. The molecule has 0 saturated heterocycles. The van der Waals surface area contributed by atoms with Crippen LogP contribution in [-0.2, 0) is 11.3 Å². The number of unbranched alkanes of at least 4 members (excludes halogenated alkanes) is 1. The van der Waals surface area contributed by atoms with Gasteiger partial charge in [0.05, 0.1) is 12.2 Å². The van der Waals surface area contributed by atoms with Gasteiger partial charge in [0.25, 0.3) is 0 Å². The lowest BCUT2D eigenvalue weighted by molar-refractivity contribution is 0.0671. The molecule has 0 aliphatic heterocycles. The Labute approximate surface area is 120 Å². The summed E-state index contributed by atoms with van der Waals surface area (Å²) in [5, 5.41) is 9.18. The highest BCUT2D eigenvalue weighted by Crippen LogP contribution is 2.19. The topological polar surface area (TPSA) is 72.5 Å². The molecule has 0 spiro atoms. The second-order valence-corrected chi connectivity index (χ2v) is 5.12. The van der Waals surface area contributed by atoms with E-state index in [0.29, 0.717) is 24.7 Å². The van der Waals surface area contributed by atoms with E-state index in [-0.39, 0.29) is 11.3 Å². The lowest BCUT2D eigenvalue weighted by atomic mass is 10.0. The Morgan fingerprint density at radius 2 is 2.15 bits per heavy atom. The number of hydrogen-bond acceptors (Lipinski definition) is 3. The van der Waals surface area contributed by atoms with Crippen molar-refractivity contribution in [2.24, 2.45) is 5.92 Å². The van der Waals surface area contributed by atoms with Crippen LogP contribution in [0.1, 0.15) is 55.5 Å². The maximum atomic E-state index is 11.2. The third-order valence-corrected chi connectivity index (χ3v) is 3.55. The summed E-state index contributed by atoms with van der Waals surface area (Å²) < 4.78 is 5.70. The standard InChI is InChI=1S/C16H25NO3/c1-3-5-7-12(4-2)10-20-11-13-8-6-9-14(17)15(13)16(18)19/h6,8-9,12H,3-5,7,10-11,17H2,1-2H3,(H,18,19). The molecule has 0 amide bonds. The summed E-state index contributed by atoms with van der Waals surface area (Å²) in [5.74, 6) is -0.455. The van der Waals surface area contributed by atoms with E-state index in [1.54, 1.807) is 18.2 Å². The zero-order valence-electron chi connectivity index (χ0n) is 12.4. The molecule has 0 saturated carbocycles. The molecule has 4 heteroatoms. The van der Waals surface area contributed by atoms with Crippen LogP contribution in [0.25, 0.3) is 0 Å². The molecule has 1 aromatic rings. The monoisotopic (exact) mass is 279 g/mol. The first-order chi connectivity index (χ1) is 9.60. The number of carbonyl (C=O) groups is 1. The maximum Gasteiger partial charge on any atom is 0.338 e. The number of aromatic carboxylic acids is 1. The van der Waals surface area contributed by atoms with Crippen LogP contribution in [0.3, 0.4) is 0 Å². The van der Waals surface area contributed by atoms with Gasteiger partial charge in [0.2, 0.25) is 0 Å². The number of ether oxygens (including phenoxy) is 1. The van der Waals surface area contributed by atoms with E-state index in [4.69, 9.17) is 10.5 Å². The summed E-state index contributed by atoms with van der Waals surface area (Å²) in [7, 11) is 0. The average Bonchev–Trinajstić information content (AvgIpc) is 2.42. The molecular formula is C16H25NO3. The lowest BCUT2D eigenvalue weighted by Gasteiger charge is -2.15. The van der Waals surface area contributed by atoms with E-state index in [1.807, 2.05) is 0 Å².